The molecular weight excluding hydrogens is 356 g/mol. The van der Waals surface area contributed by atoms with Crippen LogP contribution in [0.2, 0.25) is 10.0 Å². The lowest BCUT2D eigenvalue weighted by Crippen LogP contribution is -2.12. The number of rotatable bonds is 2. The van der Waals surface area contributed by atoms with Crippen LogP contribution in [0.15, 0.2) is 40.9 Å². The minimum absolute atomic E-state index is 0.209. The Labute approximate surface area is 127 Å². The Bertz CT molecular complexity index is 628. The van der Waals surface area contributed by atoms with E-state index in [-0.39, 0.29) is 10.7 Å². The zero-order valence-electron chi connectivity index (χ0n) is 9.38. The molecule has 1 N–H and O–H groups in total. The molecule has 0 bridgehead atoms. The highest BCUT2D eigenvalue weighted by Crippen LogP contribution is 2.23. The molecule has 0 radical (unpaired) electrons. The summed E-state index contributed by atoms with van der Waals surface area (Å²) < 4.78 is 13.8. The molecule has 0 heterocycles. The number of anilines is 1. The van der Waals surface area contributed by atoms with Gasteiger partial charge in [0.05, 0.1) is 5.56 Å². The molecule has 2 aromatic carbocycles. The van der Waals surface area contributed by atoms with E-state index in [1.807, 2.05) is 0 Å². The molecule has 0 atom stereocenters. The molecule has 0 aliphatic heterocycles. The van der Waals surface area contributed by atoms with Crippen LogP contribution in [0.1, 0.15) is 10.4 Å². The van der Waals surface area contributed by atoms with Crippen LogP contribution in [0.4, 0.5) is 10.1 Å². The molecule has 0 saturated carbocycles. The lowest BCUT2D eigenvalue weighted by Gasteiger charge is -2.08. The molecule has 1 amide bonds. The summed E-state index contributed by atoms with van der Waals surface area (Å²) in [6, 6.07) is 8.63. The molecule has 0 fully saturated rings. The molecule has 2 nitrogen and oxygen atoms in total. The molecule has 2 aromatic rings. The van der Waals surface area contributed by atoms with Crippen LogP contribution in [0.25, 0.3) is 0 Å². The first-order valence-electron chi connectivity index (χ1n) is 5.18. The first-order chi connectivity index (χ1) is 8.95. The third kappa shape index (κ3) is 3.69. The molecule has 6 heteroatoms. The van der Waals surface area contributed by atoms with Crippen molar-refractivity contribution in [1.82, 2.24) is 0 Å². The van der Waals surface area contributed by atoms with E-state index in [0.717, 1.165) is 6.07 Å². The summed E-state index contributed by atoms with van der Waals surface area (Å²) in [4.78, 5) is 12.0. The second kappa shape index (κ2) is 5.90. The second-order valence-electron chi connectivity index (χ2n) is 3.74. The van der Waals surface area contributed by atoms with Crippen molar-refractivity contribution in [3.63, 3.8) is 0 Å². The molecule has 98 valence electrons. The first kappa shape index (κ1) is 14.3. The van der Waals surface area contributed by atoms with E-state index < -0.39 is 11.7 Å². The molecule has 0 unspecified atom stereocenters. The number of nitrogens with one attached hydrogen (secondary N) is 1. The Kier molecular flexibility index (Phi) is 4.45. The second-order valence-corrected chi connectivity index (χ2v) is 5.46. The summed E-state index contributed by atoms with van der Waals surface area (Å²) in [5.41, 5.74) is 0.634. The number of benzene rings is 2. The van der Waals surface area contributed by atoms with E-state index in [9.17, 15) is 9.18 Å². The molecule has 0 aromatic heterocycles. The fraction of sp³-hybridized carbons (Fsp3) is 0. The van der Waals surface area contributed by atoms with E-state index in [0.29, 0.717) is 15.1 Å². The van der Waals surface area contributed by atoms with Gasteiger partial charge in [-0.1, -0.05) is 23.2 Å². The fourth-order valence-corrected chi connectivity index (χ4v) is 2.32. The van der Waals surface area contributed by atoms with Crippen molar-refractivity contribution in [1.29, 1.82) is 0 Å². The molecule has 0 aliphatic carbocycles. The van der Waals surface area contributed by atoms with Crippen molar-refractivity contribution >= 4 is 50.7 Å². The van der Waals surface area contributed by atoms with Crippen LogP contribution in [0.5, 0.6) is 0 Å². The number of hydrogen-bond acceptors (Lipinski definition) is 1. The lowest BCUT2D eigenvalue weighted by atomic mass is 10.2. The summed E-state index contributed by atoms with van der Waals surface area (Å²) in [6.45, 7) is 0. The first-order valence-corrected chi connectivity index (χ1v) is 6.73. The predicted octanol–water partition coefficient (Wildman–Crippen LogP) is 5.15. The lowest BCUT2D eigenvalue weighted by molar-refractivity contribution is 0.102. The van der Waals surface area contributed by atoms with Crippen molar-refractivity contribution in [3.05, 3.63) is 62.3 Å². The van der Waals surface area contributed by atoms with Crippen LogP contribution in [-0.4, -0.2) is 5.91 Å². The van der Waals surface area contributed by atoms with Gasteiger partial charge < -0.3 is 5.32 Å². The molecule has 2 rings (SSSR count). The third-order valence-electron chi connectivity index (χ3n) is 2.29. The third-order valence-corrected chi connectivity index (χ3v) is 3.44. The predicted molar refractivity (Wildman–Crippen MR) is 78.5 cm³/mol. The van der Waals surface area contributed by atoms with Crippen molar-refractivity contribution in [2.75, 3.05) is 5.32 Å². The summed E-state index contributed by atoms with van der Waals surface area (Å²) in [5.74, 6) is -0.927. The maximum absolute atomic E-state index is 13.2. The van der Waals surface area contributed by atoms with Gasteiger partial charge in [-0.15, -0.1) is 0 Å². The van der Waals surface area contributed by atoms with Gasteiger partial charge in [0, 0.05) is 20.2 Å². The Morgan fingerprint density at radius 3 is 2.53 bits per heavy atom. The van der Waals surface area contributed by atoms with Gasteiger partial charge in [0.2, 0.25) is 0 Å². The number of carbonyl (C=O) groups is 1. The SMILES string of the molecule is O=C(Nc1cc(F)cc(Cl)c1)c1cc(Cl)ccc1Br. The number of amides is 1. The van der Waals surface area contributed by atoms with Crippen LogP contribution in [0, 0.1) is 5.82 Å². The van der Waals surface area contributed by atoms with Gasteiger partial charge >= 0.3 is 0 Å². The average Bonchev–Trinajstić information content (AvgIpc) is 2.30. The topological polar surface area (TPSA) is 29.1 Å². The Morgan fingerprint density at radius 2 is 1.84 bits per heavy atom. The smallest absolute Gasteiger partial charge is 0.256 e. The normalized spacial score (nSPS) is 10.3. The van der Waals surface area contributed by atoms with E-state index in [1.165, 1.54) is 18.2 Å². The molecule has 19 heavy (non-hydrogen) atoms. The minimum Gasteiger partial charge on any atom is -0.322 e. The van der Waals surface area contributed by atoms with E-state index in [1.54, 1.807) is 12.1 Å². The monoisotopic (exact) mass is 361 g/mol. The maximum Gasteiger partial charge on any atom is 0.256 e. The van der Waals surface area contributed by atoms with Gasteiger partial charge in [-0.25, -0.2) is 4.39 Å². The Morgan fingerprint density at radius 1 is 1.11 bits per heavy atom. The van der Waals surface area contributed by atoms with Crippen LogP contribution >= 0.6 is 39.1 Å². The Balaban J connectivity index is 2.28. The molecule has 0 spiro atoms. The molecule has 0 saturated heterocycles. The van der Waals surface area contributed by atoms with Gasteiger partial charge in [-0.3, -0.25) is 4.79 Å². The largest absolute Gasteiger partial charge is 0.322 e. The zero-order chi connectivity index (χ0) is 14.0. The van der Waals surface area contributed by atoms with Crippen molar-refractivity contribution in [2.24, 2.45) is 0 Å². The fourth-order valence-electron chi connectivity index (χ4n) is 1.50. The minimum atomic E-state index is -0.520. The van der Waals surface area contributed by atoms with E-state index >= 15 is 0 Å². The van der Waals surface area contributed by atoms with Crippen molar-refractivity contribution in [2.45, 2.75) is 0 Å². The highest BCUT2D eigenvalue weighted by molar-refractivity contribution is 9.10. The van der Waals surface area contributed by atoms with E-state index in [4.69, 9.17) is 23.2 Å². The molecular formula is C13H7BrCl2FNO. The average molecular weight is 363 g/mol. The zero-order valence-corrected chi connectivity index (χ0v) is 12.5. The number of carbonyl (C=O) groups excluding carboxylic acids is 1. The molecule has 0 aliphatic rings. The van der Waals surface area contributed by atoms with Gasteiger partial charge in [-0.2, -0.15) is 0 Å². The summed E-state index contributed by atoms with van der Waals surface area (Å²) in [7, 11) is 0. The van der Waals surface area contributed by atoms with Gasteiger partial charge in [-0.05, 0) is 52.3 Å². The van der Waals surface area contributed by atoms with Crippen molar-refractivity contribution in [3.8, 4) is 0 Å². The maximum atomic E-state index is 13.2. The Hall–Kier alpha value is -1.10. The van der Waals surface area contributed by atoms with E-state index in [2.05, 4.69) is 21.2 Å². The quantitative estimate of drug-likeness (QED) is 0.786. The summed E-state index contributed by atoms with van der Waals surface area (Å²) in [6.07, 6.45) is 0. The van der Waals surface area contributed by atoms with Gasteiger partial charge in [0.1, 0.15) is 5.82 Å². The highest BCUT2D eigenvalue weighted by Gasteiger charge is 2.11. The van der Waals surface area contributed by atoms with Gasteiger partial charge in [0.25, 0.3) is 5.91 Å². The highest BCUT2D eigenvalue weighted by atomic mass is 79.9. The summed E-state index contributed by atoms with van der Waals surface area (Å²) in [5, 5.41) is 3.20. The van der Waals surface area contributed by atoms with Gasteiger partial charge in [0.15, 0.2) is 0 Å². The van der Waals surface area contributed by atoms with Crippen LogP contribution < -0.4 is 5.32 Å². The number of halogens is 4. The standard InChI is InChI=1S/C13H7BrCl2FNO/c14-12-2-1-7(15)5-11(12)13(19)18-10-4-8(16)3-9(17)6-10/h1-6H,(H,18,19). The number of hydrogen-bond donors (Lipinski definition) is 1. The van der Waals surface area contributed by atoms with Crippen LogP contribution in [-0.2, 0) is 0 Å². The van der Waals surface area contributed by atoms with Crippen molar-refractivity contribution < 1.29 is 9.18 Å². The van der Waals surface area contributed by atoms with Crippen LogP contribution in [0.3, 0.4) is 0 Å². The summed E-state index contributed by atoms with van der Waals surface area (Å²) >= 11 is 14.8.